The zero-order chi connectivity index (χ0) is 15.6. The highest BCUT2D eigenvalue weighted by Gasteiger charge is 2.15. The first-order chi connectivity index (χ1) is 9.92. The lowest BCUT2D eigenvalue weighted by molar-refractivity contribution is 0.102. The summed E-state index contributed by atoms with van der Waals surface area (Å²) in [6.07, 6.45) is 0. The van der Waals surface area contributed by atoms with E-state index in [-0.39, 0.29) is 22.0 Å². The normalized spacial score (nSPS) is 10.3. The van der Waals surface area contributed by atoms with E-state index in [0.29, 0.717) is 0 Å². The van der Waals surface area contributed by atoms with E-state index in [1.807, 2.05) is 0 Å². The van der Waals surface area contributed by atoms with Gasteiger partial charge in [0.05, 0.1) is 5.69 Å². The SMILES string of the molecule is CNc1c(F)cc(C(=O)Nc2ccc(Cl)cc2F)cc1F. The molecule has 0 aliphatic heterocycles. The molecule has 0 bridgehead atoms. The molecule has 0 atom stereocenters. The molecule has 0 aliphatic rings. The van der Waals surface area contributed by atoms with E-state index in [9.17, 15) is 18.0 Å². The van der Waals surface area contributed by atoms with Crippen molar-refractivity contribution >= 4 is 28.9 Å². The fourth-order valence-electron chi connectivity index (χ4n) is 1.73. The molecule has 2 aromatic rings. The minimum atomic E-state index is -0.917. The maximum atomic E-state index is 13.6. The molecule has 0 fully saturated rings. The largest absolute Gasteiger partial charge is 0.383 e. The highest BCUT2D eigenvalue weighted by atomic mass is 35.5. The van der Waals surface area contributed by atoms with E-state index < -0.39 is 23.4 Å². The van der Waals surface area contributed by atoms with Crippen LogP contribution in [-0.4, -0.2) is 13.0 Å². The highest BCUT2D eigenvalue weighted by Crippen LogP contribution is 2.22. The van der Waals surface area contributed by atoms with Gasteiger partial charge in [-0.1, -0.05) is 11.6 Å². The molecule has 110 valence electrons. The third-order valence-electron chi connectivity index (χ3n) is 2.73. The number of amides is 1. The molecule has 0 saturated heterocycles. The van der Waals surface area contributed by atoms with Gasteiger partial charge in [0.2, 0.25) is 0 Å². The second kappa shape index (κ2) is 6.05. The molecule has 7 heteroatoms. The molecule has 0 aliphatic carbocycles. The Balaban J connectivity index is 2.28. The summed E-state index contributed by atoms with van der Waals surface area (Å²) in [5.74, 6) is -3.42. The molecule has 2 rings (SSSR count). The van der Waals surface area contributed by atoms with E-state index in [2.05, 4.69) is 10.6 Å². The summed E-state index contributed by atoms with van der Waals surface area (Å²) in [6.45, 7) is 0. The smallest absolute Gasteiger partial charge is 0.255 e. The van der Waals surface area contributed by atoms with Crippen molar-refractivity contribution in [2.75, 3.05) is 17.7 Å². The molecular weight excluding hydrogens is 305 g/mol. The summed E-state index contributed by atoms with van der Waals surface area (Å²) in [7, 11) is 1.35. The third-order valence-corrected chi connectivity index (χ3v) is 2.97. The van der Waals surface area contributed by atoms with Crippen molar-refractivity contribution < 1.29 is 18.0 Å². The zero-order valence-corrected chi connectivity index (χ0v) is 11.6. The van der Waals surface area contributed by atoms with Crippen molar-refractivity contribution in [2.24, 2.45) is 0 Å². The van der Waals surface area contributed by atoms with Gasteiger partial charge in [0.15, 0.2) is 0 Å². The Morgan fingerprint density at radius 3 is 2.19 bits per heavy atom. The number of halogens is 4. The Morgan fingerprint density at radius 1 is 1.05 bits per heavy atom. The lowest BCUT2D eigenvalue weighted by Gasteiger charge is -2.09. The van der Waals surface area contributed by atoms with Crippen molar-refractivity contribution in [3.05, 3.63) is 58.4 Å². The van der Waals surface area contributed by atoms with Gasteiger partial charge in [-0.05, 0) is 30.3 Å². The molecular formula is C14H10ClF3N2O. The summed E-state index contributed by atoms with van der Waals surface area (Å²) in [4.78, 5) is 11.9. The van der Waals surface area contributed by atoms with Crippen LogP contribution < -0.4 is 10.6 Å². The first-order valence-corrected chi connectivity index (χ1v) is 6.23. The Hall–Kier alpha value is -2.21. The fourth-order valence-corrected chi connectivity index (χ4v) is 1.89. The number of carbonyl (C=O) groups is 1. The predicted octanol–water partition coefficient (Wildman–Crippen LogP) is 4.05. The molecule has 0 radical (unpaired) electrons. The molecule has 1 amide bonds. The van der Waals surface area contributed by atoms with Crippen LogP contribution in [0.5, 0.6) is 0 Å². The Labute approximate surface area is 123 Å². The second-order valence-corrected chi connectivity index (χ2v) is 4.58. The van der Waals surface area contributed by atoms with Gasteiger partial charge < -0.3 is 10.6 Å². The second-order valence-electron chi connectivity index (χ2n) is 4.14. The molecule has 0 spiro atoms. The molecule has 0 unspecified atom stereocenters. The average molecular weight is 315 g/mol. The van der Waals surface area contributed by atoms with E-state index in [0.717, 1.165) is 18.2 Å². The number of hydrogen-bond acceptors (Lipinski definition) is 2. The van der Waals surface area contributed by atoms with Crippen LogP contribution in [0.3, 0.4) is 0 Å². The average Bonchev–Trinajstić information content (AvgIpc) is 2.41. The van der Waals surface area contributed by atoms with Crippen LogP contribution in [0.1, 0.15) is 10.4 Å². The van der Waals surface area contributed by atoms with Crippen molar-refractivity contribution in [3.8, 4) is 0 Å². The van der Waals surface area contributed by atoms with Crippen LogP contribution in [0.4, 0.5) is 24.5 Å². The van der Waals surface area contributed by atoms with Gasteiger partial charge in [-0.15, -0.1) is 0 Å². The molecule has 0 heterocycles. The summed E-state index contributed by atoms with van der Waals surface area (Å²) >= 11 is 5.59. The Morgan fingerprint density at radius 2 is 1.67 bits per heavy atom. The van der Waals surface area contributed by atoms with E-state index in [4.69, 9.17) is 11.6 Å². The maximum absolute atomic E-state index is 13.6. The van der Waals surface area contributed by atoms with E-state index in [1.54, 1.807) is 0 Å². The van der Waals surface area contributed by atoms with Crippen molar-refractivity contribution in [3.63, 3.8) is 0 Å². The number of nitrogens with one attached hydrogen (secondary N) is 2. The number of carbonyl (C=O) groups excluding carboxylic acids is 1. The Bertz CT molecular complexity index is 684. The van der Waals surface area contributed by atoms with Gasteiger partial charge in [0.1, 0.15) is 23.1 Å². The third kappa shape index (κ3) is 3.28. The van der Waals surface area contributed by atoms with Gasteiger partial charge in [-0.25, -0.2) is 13.2 Å². The van der Waals surface area contributed by atoms with E-state index >= 15 is 0 Å². The van der Waals surface area contributed by atoms with Crippen LogP contribution in [0, 0.1) is 17.5 Å². The quantitative estimate of drug-likeness (QED) is 0.897. The number of anilines is 2. The van der Waals surface area contributed by atoms with Gasteiger partial charge in [0.25, 0.3) is 5.91 Å². The molecule has 2 N–H and O–H groups in total. The van der Waals surface area contributed by atoms with E-state index in [1.165, 1.54) is 19.2 Å². The first-order valence-electron chi connectivity index (χ1n) is 5.85. The predicted molar refractivity (Wildman–Crippen MR) is 75.3 cm³/mol. The highest BCUT2D eigenvalue weighted by molar-refractivity contribution is 6.30. The van der Waals surface area contributed by atoms with Gasteiger partial charge in [0, 0.05) is 17.6 Å². The van der Waals surface area contributed by atoms with Crippen molar-refractivity contribution in [1.82, 2.24) is 0 Å². The summed E-state index contributed by atoms with van der Waals surface area (Å²) in [5.41, 5.74) is -0.745. The number of hydrogen-bond donors (Lipinski definition) is 2. The molecule has 3 nitrogen and oxygen atoms in total. The van der Waals surface area contributed by atoms with Crippen LogP contribution in [0.15, 0.2) is 30.3 Å². The van der Waals surface area contributed by atoms with Crippen LogP contribution in [0.25, 0.3) is 0 Å². The Kier molecular flexibility index (Phi) is 4.37. The lowest BCUT2D eigenvalue weighted by Crippen LogP contribution is -2.14. The molecule has 0 saturated carbocycles. The number of benzene rings is 2. The fraction of sp³-hybridized carbons (Fsp3) is 0.0714. The standard InChI is InChI=1S/C14H10ClF3N2O/c1-19-13-10(17)4-7(5-11(13)18)14(21)20-12-3-2-8(15)6-9(12)16/h2-6,19H,1H3,(H,20,21). The minimum absolute atomic E-state index is 0.136. The lowest BCUT2D eigenvalue weighted by atomic mass is 10.1. The van der Waals surface area contributed by atoms with Gasteiger partial charge in [-0.3, -0.25) is 4.79 Å². The van der Waals surface area contributed by atoms with Crippen molar-refractivity contribution in [2.45, 2.75) is 0 Å². The van der Waals surface area contributed by atoms with Gasteiger partial charge in [-0.2, -0.15) is 0 Å². The topological polar surface area (TPSA) is 41.1 Å². The monoisotopic (exact) mass is 314 g/mol. The zero-order valence-electron chi connectivity index (χ0n) is 10.8. The minimum Gasteiger partial charge on any atom is -0.383 e. The van der Waals surface area contributed by atoms with Crippen LogP contribution in [-0.2, 0) is 0 Å². The molecule has 21 heavy (non-hydrogen) atoms. The summed E-state index contributed by atoms with van der Waals surface area (Å²) in [6, 6.07) is 5.37. The van der Waals surface area contributed by atoms with Gasteiger partial charge >= 0.3 is 0 Å². The number of rotatable bonds is 3. The van der Waals surface area contributed by atoms with Crippen LogP contribution >= 0.6 is 11.6 Å². The maximum Gasteiger partial charge on any atom is 0.255 e. The van der Waals surface area contributed by atoms with Crippen molar-refractivity contribution in [1.29, 1.82) is 0 Å². The first kappa shape index (κ1) is 15.2. The summed E-state index contributed by atoms with van der Waals surface area (Å²) in [5, 5.41) is 4.73. The molecule has 0 aromatic heterocycles. The summed E-state index contributed by atoms with van der Waals surface area (Å²) < 4.78 is 40.7. The molecule has 2 aromatic carbocycles. The van der Waals surface area contributed by atoms with Crippen LogP contribution in [0.2, 0.25) is 5.02 Å².